The molecule has 0 atom stereocenters. The van der Waals surface area contributed by atoms with Crippen molar-refractivity contribution >= 4 is 46.3 Å². The minimum absolute atomic E-state index is 0.204. The number of rotatable bonds is 8. The molecular weight excluding hydrogens is 426 g/mol. The molecule has 1 N–H and O–H groups in total. The lowest BCUT2D eigenvalue weighted by atomic mass is 10.1. The highest BCUT2D eigenvalue weighted by atomic mass is 32.2. The van der Waals surface area contributed by atoms with Crippen molar-refractivity contribution < 1.29 is 28.9 Å². The third-order valence-corrected chi connectivity index (χ3v) is 5.55. The van der Waals surface area contributed by atoms with Gasteiger partial charge in [-0.25, -0.2) is 0 Å². The van der Waals surface area contributed by atoms with Crippen LogP contribution in [-0.2, 0) is 16.2 Å². The van der Waals surface area contributed by atoms with E-state index in [0.717, 1.165) is 22.2 Å². The number of carboxylic acids is 1. The number of aliphatic carboxylic acids is 1. The number of carbonyl (C=O) groups is 2. The van der Waals surface area contributed by atoms with Crippen molar-refractivity contribution in [2.75, 3.05) is 20.8 Å². The molecule has 3 rings (SSSR count). The Hall–Kier alpha value is -3.04. The first-order valence-corrected chi connectivity index (χ1v) is 10.0. The summed E-state index contributed by atoms with van der Waals surface area (Å²) in [5.41, 5.74) is 1.62. The molecule has 1 aliphatic heterocycles. The molecule has 1 heterocycles. The summed E-state index contributed by atoms with van der Waals surface area (Å²) in [7, 11) is 3.03. The molecule has 2 aromatic carbocycles. The van der Waals surface area contributed by atoms with E-state index in [2.05, 4.69) is 0 Å². The quantitative estimate of drug-likeness (QED) is 0.488. The molecule has 0 bridgehead atoms. The summed E-state index contributed by atoms with van der Waals surface area (Å²) >= 11 is 6.17. The Bertz CT molecular complexity index is 981. The second-order valence-electron chi connectivity index (χ2n) is 6.19. The molecule has 0 radical (unpaired) electrons. The van der Waals surface area contributed by atoms with Crippen LogP contribution in [-0.4, -0.2) is 47.0 Å². The maximum absolute atomic E-state index is 12.5. The molecule has 9 heteroatoms. The lowest BCUT2D eigenvalue weighted by molar-refractivity contribution is -0.140. The van der Waals surface area contributed by atoms with Crippen molar-refractivity contribution in [3.8, 4) is 17.2 Å². The third kappa shape index (κ3) is 4.92. The van der Waals surface area contributed by atoms with Crippen LogP contribution in [0.4, 0.5) is 0 Å². The first kappa shape index (κ1) is 21.7. The average Bonchev–Trinajstić information content (AvgIpc) is 2.99. The van der Waals surface area contributed by atoms with Gasteiger partial charge in [0.1, 0.15) is 17.5 Å². The van der Waals surface area contributed by atoms with Crippen LogP contribution in [0.1, 0.15) is 11.1 Å². The monoisotopic (exact) mass is 445 g/mol. The van der Waals surface area contributed by atoms with Gasteiger partial charge in [0.25, 0.3) is 5.91 Å². The molecule has 0 aromatic heterocycles. The second-order valence-corrected chi connectivity index (χ2v) is 7.87. The van der Waals surface area contributed by atoms with Gasteiger partial charge in [-0.1, -0.05) is 54.3 Å². The molecule has 0 unspecified atom stereocenters. The summed E-state index contributed by atoms with van der Waals surface area (Å²) in [6, 6.07) is 13.1. The second kappa shape index (κ2) is 9.64. The molecule has 2 aromatic rings. The third-order valence-electron chi connectivity index (χ3n) is 4.17. The standard InChI is InChI=1S/C21H19NO6S2/c1-26-15-8-14(10-17-20(25)22(11-18(23)24)21(29)30-17)9-16(27-2)19(15)28-12-13-6-4-3-5-7-13/h3-10H,11-12H2,1-2H3,(H,23,24). The lowest BCUT2D eigenvalue weighted by Crippen LogP contribution is -2.33. The van der Waals surface area contributed by atoms with E-state index in [9.17, 15) is 9.59 Å². The minimum Gasteiger partial charge on any atom is -0.493 e. The van der Waals surface area contributed by atoms with Crippen LogP contribution in [0.2, 0.25) is 0 Å². The van der Waals surface area contributed by atoms with E-state index in [1.54, 1.807) is 18.2 Å². The zero-order valence-electron chi connectivity index (χ0n) is 16.3. The molecule has 1 fully saturated rings. The summed E-state index contributed by atoms with van der Waals surface area (Å²) in [6.45, 7) is -0.137. The fraction of sp³-hybridized carbons (Fsp3) is 0.190. The molecule has 0 saturated carbocycles. The Labute approximate surface area is 183 Å². The van der Waals surface area contributed by atoms with Gasteiger partial charge in [-0.15, -0.1) is 0 Å². The number of methoxy groups -OCH3 is 2. The van der Waals surface area contributed by atoms with E-state index >= 15 is 0 Å². The van der Waals surface area contributed by atoms with Crippen molar-refractivity contribution in [1.29, 1.82) is 0 Å². The van der Waals surface area contributed by atoms with Crippen molar-refractivity contribution in [3.05, 3.63) is 58.5 Å². The normalized spacial score (nSPS) is 14.9. The first-order valence-electron chi connectivity index (χ1n) is 8.83. The number of thiocarbonyl (C=S) groups is 1. The van der Waals surface area contributed by atoms with Gasteiger partial charge < -0.3 is 19.3 Å². The summed E-state index contributed by atoms with van der Waals surface area (Å²) in [6.07, 6.45) is 1.62. The van der Waals surface area contributed by atoms with Crippen molar-refractivity contribution in [2.24, 2.45) is 0 Å². The number of carboxylic acid groups (broad SMARTS) is 1. The Kier molecular flexibility index (Phi) is 6.96. The zero-order chi connectivity index (χ0) is 21.7. The number of ether oxygens (including phenoxy) is 3. The highest BCUT2D eigenvalue weighted by Gasteiger charge is 2.33. The Morgan fingerprint density at radius 3 is 2.37 bits per heavy atom. The van der Waals surface area contributed by atoms with Gasteiger partial charge >= 0.3 is 5.97 Å². The van der Waals surface area contributed by atoms with E-state index in [0.29, 0.717) is 34.3 Å². The molecule has 1 saturated heterocycles. The molecule has 1 amide bonds. The SMILES string of the molecule is COc1cc(C=C2SC(=S)N(CC(=O)O)C2=O)cc(OC)c1OCc1ccccc1. The van der Waals surface area contributed by atoms with Gasteiger partial charge in [0.05, 0.1) is 19.1 Å². The topological polar surface area (TPSA) is 85.3 Å². The summed E-state index contributed by atoms with van der Waals surface area (Å²) in [4.78, 5) is 24.8. The molecule has 0 aliphatic carbocycles. The highest BCUT2D eigenvalue weighted by molar-refractivity contribution is 8.26. The van der Waals surface area contributed by atoms with Crippen LogP contribution in [0, 0.1) is 0 Å². The average molecular weight is 446 g/mol. The van der Waals surface area contributed by atoms with E-state index < -0.39 is 18.4 Å². The maximum Gasteiger partial charge on any atom is 0.323 e. The van der Waals surface area contributed by atoms with Crippen LogP contribution in [0.3, 0.4) is 0 Å². The number of nitrogens with zero attached hydrogens (tertiary/aromatic N) is 1. The van der Waals surface area contributed by atoms with E-state index in [1.807, 2.05) is 30.3 Å². The van der Waals surface area contributed by atoms with Crippen LogP contribution in [0.5, 0.6) is 17.2 Å². The fourth-order valence-electron chi connectivity index (χ4n) is 2.78. The molecule has 1 aliphatic rings. The van der Waals surface area contributed by atoms with Gasteiger partial charge in [-0.05, 0) is 29.3 Å². The minimum atomic E-state index is -1.13. The Morgan fingerprint density at radius 1 is 1.17 bits per heavy atom. The van der Waals surface area contributed by atoms with Gasteiger partial charge in [-0.3, -0.25) is 14.5 Å². The summed E-state index contributed by atoms with van der Waals surface area (Å²) < 4.78 is 17.1. The lowest BCUT2D eigenvalue weighted by Gasteiger charge is -2.15. The Morgan fingerprint density at radius 2 is 1.80 bits per heavy atom. The van der Waals surface area contributed by atoms with E-state index in [4.69, 9.17) is 31.5 Å². The fourth-order valence-corrected chi connectivity index (χ4v) is 4.03. The van der Waals surface area contributed by atoms with Gasteiger partial charge in [0.2, 0.25) is 5.75 Å². The predicted molar refractivity (Wildman–Crippen MR) is 118 cm³/mol. The van der Waals surface area contributed by atoms with Gasteiger partial charge in [0, 0.05) is 0 Å². The number of benzene rings is 2. The van der Waals surface area contributed by atoms with Crippen LogP contribution in [0.15, 0.2) is 47.4 Å². The number of hydrogen-bond donors (Lipinski definition) is 1. The summed E-state index contributed by atoms with van der Waals surface area (Å²) in [5.74, 6) is -0.250. The van der Waals surface area contributed by atoms with Crippen LogP contribution in [0.25, 0.3) is 6.08 Å². The van der Waals surface area contributed by atoms with Crippen molar-refractivity contribution in [2.45, 2.75) is 6.61 Å². The Balaban J connectivity index is 1.88. The van der Waals surface area contributed by atoms with Crippen LogP contribution < -0.4 is 14.2 Å². The van der Waals surface area contributed by atoms with Gasteiger partial charge in [-0.2, -0.15) is 0 Å². The smallest absolute Gasteiger partial charge is 0.323 e. The maximum atomic E-state index is 12.5. The molecular formula is C21H19NO6S2. The van der Waals surface area contributed by atoms with E-state index in [-0.39, 0.29) is 4.32 Å². The van der Waals surface area contributed by atoms with Gasteiger partial charge in [0.15, 0.2) is 11.5 Å². The zero-order valence-corrected chi connectivity index (χ0v) is 17.9. The molecule has 0 spiro atoms. The first-order chi connectivity index (χ1) is 14.4. The summed E-state index contributed by atoms with van der Waals surface area (Å²) in [5, 5.41) is 8.96. The molecule has 156 valence electrons. The predicted octanol–water partition coefficient (Wildman–Crippen LogP) is 3.57. The number of hydrogen-bond acceptors (Lipinski definition) is 7. The molecule has 7 nitrogen and oxygen atoms in total. The number of carbonyl (C=O) groups excluding carboxylic acids is 1. The van der Waals surface area contributed by atoms with E-state index in [1.165, 1.54) is 14.2 Å². The largest absolute Gasteiger partial charge is 0.493 e. The number of thioether (sulfide) groups is 1. The van der Waals surface area contributed by atoms with Crippen molar-refractivity contribution in [3.63, 3.8) is 0 Å². The highest BCUT2D eigenvalue weighted by Crippen LogP contribution is 2.41. The van der Waals surface area contributed by atoms with Crippen molar-refractivity contribution in [1.82, 2.24) is 4.90 Å². The number of amides is 1. The molecule has 30 heavy (non-hydrogen) atoms. The van der Waals surface area contributed by atoms with Crippen LogP contribution >= 0.6 is 24.0 Å².